The molecule has 1 heterocycles. The molecule has 1 saturated heterocycles. The number of benzene rings is 1. The number of hydrogen-bond donors (Lipinski definition) is 1. The van der Waals surface area contributed by atoms with Crippen molar-refractivity contribution < 1.29 is 4.79 Å². The monoisotopic (exact) mass is 232 g/mol. The van der Waals surface area contributed by atoms with Crippen molar-refractivity contribution in [1.29, 1.82) is 0 Å². The van der Waals surface area contributed by atoms with E-state index in [-0.39, 0.29) is 17.4 Å². The van der Waals surface area contributed by atoms with Crippen molar-refractivity contribution in [2.45, 2.75) is 38.6 Å². The fraction of sp³-hybridized carbons (Fsp3) is 0.500. The van der Waals surface area contributed by atoms with Crippen LogP contribution < -0.4 is 10.6 Å². The molecule has 1 aromatic rings. The Morgan fingerprint density at radius 1 is 1.24 bits per heavy atom. The third-order valence-electron chi connectivity index (χ3n) is 3.20. The summed E-state index contributed by atoms with van der Waals surface area (Å²) in [4.78, 5) is 13.5. The summed E-state index contributed by atoms with van der Waals surface area (Å²) in [5, 5.41) is 0. The zero-order valence-corrected chi connectivity index (χ0v) is 10.7. The van der Waals surface area contributed by atoms with Crippen molar-refractivity contribution in [3.8, 4) is 0 Å². The second-order valence-corrected chi connectivity index (χ2v) is 5.77. The molecule has 1 unspecified atom stereocenters. The Hall–Kier alpha value is -1.35. The molecular formula is C14H20N2O. The van der Waals surface area contributed by atoms with Crippen LogP contribution in [0.1, 0.15) is 32.8 Å². The minimum Gasteiger partial charge on any atom is -0.326 e. The molecule has 0 saturated carbocycles. The molecule has 1 aromatic carbocycles. The first-order chi connectivity index (χ1) is 7.88. The van der Waals surface area contributed by atoms with Crippen LogP contribution in [0.3, 0.4) is 0 Å². The molecule has 1 aliphatic heterocycles. The van der Waals surface area contributed by atoms with Gasteiger partial charge in [-0.3, -0.25) is 4.79 Å². The molecule has 0 radical (unpaired) electrons. The highest BCUT2D eigenvalue weighted by atomic mass is 16.2. The van der Waals surface area contributed by atoms with E-state index in [9.17, 15) is 4.79 Å². The molecular weight excluding hydrogens is 212 g/mol. The van der Waals surface area contributed by atoms with Crippen LogP contribution in [0.4, 0.5) is 5.69 Å². The van der Waals surface area contributed by atoms with E-state index in [4.69, 9.17) is 5.73 Å². The molecule has 1 atom stereocenters. The van der Waals surface area contributed by atoms with E-state index in [0.29, 0.717) is 13.0 Å². The van der Waals surface area contributed by atoms with Gasteiger partial charge < -0.3 is 10.6 Å². The number of carbonyl (C=O) groups is 1. The number of nitrogens with zero attached hydrogens (tertiary/aromatic N) is 1. The lowest BCUT2D eigenvalue weighted by atomic mass is 9.87. The summed E-state index contributed by atoms with van der Waals surface area (Å²) in [7, 11) is 0. The van der Waals surface area contributed by atoms with Crippen LogP contribution in [0.5, 0.6) is 0 Å². The fourth-order valence-corrected chi connectivity index (χ4v) is 2.13. The van der Waals surface area contributed by atoms with Crippen LogP contribution in [0, 0.1) is 0 Å². The van der Waals surface area contributed by atoms with Gasteiger partial charge in [-0.25, -0.2) is 0 Å². The maximum absolute atomic E-state index is 11.7. The first-order valence-corrected chi connectivity index (χ1v) is 6.04. The average molecular weight is 232 g/mol. The Morgan fingerprint density at radius 3 is 2.24 bits per heavy atom. The van der Waals surface area contributed by atoms with Crippen LogP contribution in [-0.2, 0) is 10.2 Å². The van der Waals surface area contributed by atoms with Crippen LogP contribution >= 0.6 is 0 Å². The van der Waals surface area contributed by atoms with Gasteiger partial charge in [0.1, 0.15) is 0 Å². The summed E-state index contributed by atoms with van der Waals surface area (Å²) < 4.78 is 0. The second-order valence-electron chi connectivity index (χ2n) is 5.77. The second kappa shape index (κ2) is 4.15. The van der Waals surface area contributed by atoms with E-state index >= 15 is 0 Å². The van der Waals surface area contributed by atoms with E-state index < -0.39 is 0 Å². The van der Waals surface area contributed by atoms with Gasteiger partial charge in [0, 0.05) is 24.7 Å². The first kappa shape index (κ1) is 12.1. The fourth-order valence-electron chi connectivity index (χ4n) is 2.13. The molecule has 2 N–H and O–H groups in total. The normalized spacial score (nSPS) is 21.1. The number of anilines is 1. The molecule has 1 aliphatic rings. The number of carbonyl (C=O) groups excluding carboxylic acids is 1. The molecule has 0 spiro atoms. The molecule has 3 nitrogen and oxygen atoms in total. The topological polar surface area (TPSA) is 46.3 Å². The van der Waals surface area contributed by atoms with Gasteiger partial charge in [-0.15, -0.1) is 0 Å². The van der Waals surface area contributed by atoms with E-state index in [0.717, 1.165) is 5.69 Å². The molecule has 0 aliphatic carbocycles. The van der Waals surface area contributed by atoms with Gasteiger partial charge >= 0.3 is 0 Å². The van der Waals surface area contributed by atoms with Crippen molar-refractivity contribution in [2.24, 2.45) is 5.73 Å². The Kier molecular flexibility index (Phi) is 2.96. The molecule has 0 bridgehead atoms. The number of nitrogens with two attached hydrogens (primary N) is 1. The van der Waals surface area contributed by atoms with Gasteiger partial charge in [0.15, 0.2) is 0 Å². The maximum atomic E-state index is 11.7. The lowest BCUT2D eigenvalue weighted by Gasteiger charge is -2.21. The summed E-state index contributed by atoms with van der Waals surface area (Å²) in [5.74, 6) is 0.126. The maximum Gasteiger partial charge on any atom is 0.228 e. The predicted molar refractivity (Wildman–Crippen MR) is 70.1 cm³/mol. The third-order valence-corrected chi connectivity index (χ3v) is 3.20. The lowest BCUT2D eigenvalue weighted by molar-refractivity contribution is -0.117. The van der Waals surface area contributed by atoms with Crippen molar-refractivity contribution >= 4 is 11.6 Å². The Bertz CT molecular complexity index is 417. The third kappa shape index (κ3) is 2.50. The summed E-state index contributed by atoms with van der Waals surface area (Å²) in [5.41, 5.74) is 8.16. The summed E-state index contributed by atoms with van der Waals surface area (Å²) in [6.45, 7) is 7.17. The molecule has 3 heteroatoms. The highest BCUT2D eigenvalue weighted by Crippen LogP contribution is 2.26. The zero-order valence-electron chi connectivity index (χ0n) is 10.7. The smallest absolute Gasteiger partial charge is 0.228 e. The Morgan fingerprint density at radius 2 is 1.82 bits per heavy atom. The van der Waals surface area contributed by atoms with Gasteiger partial charge in [0.25, 0.3) is 0 Å². The average Bonchev–Trinajstić information content (AvgIpc) is 2.57. The Balaban J connectivity index is 2.22. The summed E-state index contributed by atoms with van der Waals surface area (Å²) in [6, 6.07) is 8.18. The lowest BCUT2D eigenvalue weighted by Crippen LogP contribution is -2.28. The van der Waals surface area contributed by atoms with E-state index in [1.54, 1.807) is 4.90 Å². The van der Waals surface area contributed by atoms with Crippen molar-refractivity contribution in [3.63, 3.8) is 0 Å². The van der Waals surface area contributed by atoms with Crippen LogP contribution in [0.25, 0.3) is 0 Å². The predicted octanol–water partition coefficient (Wildman–Crippen LogP) is 2.05. The summed E-state index contributed by atoms with van der Waals surface area (Å²) in [6.07, 6.45) is 0.459. The highest BCUT2D eigenvalue weighted by Gasteiger charge is 2.28. The number of rotatable bonds is 1. The standard InChI is InChI=1S/C14H20N2O/c1-14(2,3)10-4-6-12(7-5-10)16-9-11(15)8-13(16)17/h4-7,11H,8-9,15H2,1-3H3. The summed E-state index contributed by atoms with van der Waals surface area (Å²) >= 11 is 0. The van der Waals surface area contributed by atoms with Gasteiger partial charge in [-0.05, 0) is 23.1 Å². The van der Waals surface area contributed by atoms with E-state index in [1.807, 2.05) is 12.1 Å². The number of amides is 1. The highest BCUT2D eigenvalue weighted by molar-refractivity contribution is 5.96. The number of hydrogen-bond acceptors (Lipinski definition) is 2. The van der Waals surface area contributed by atoms with Gasteiger partial charge in [0.2, 0.25) is 5.91 Å². The van der Waals surface area contributed by atoms with Gasteiger partial charge in [-0.1, -0.05) is 32.9 Å². The van der Waals surface area contributed by atoms with Crippen molar-refractivity contribution in [2.75, 3.05) is 11.4 Å². The molecule has 17 heavy (non-hydrogen) atoms. The largest absolute Gasteiger partial charge is 0.326 e. The quantitative estimate of drug-likeness (QED) is 0.805. The van der Waals surface area contributed by atoms with Crippen molar-refractivity contribution in [3.05, 3.63) is 29.8 Å². The van der Waals surface area contributed by atoms with Crippen molar-refractivity contribution in [1.82, 2.24) is 0 Å². The van der Waals surface area contributed by atoms with Gasteiger partial charge in [0.05, 0.1) is 0 Å². The van der Waals surface area contributed by atoms with Crippen LogP contribution in [-0.4, -0.2) is 18.5 Å². The molecule has 1 amide bonds. The first-order valence-electron chi connectivity index (χ1n) is 6.04. The Labute approximate surface area is 103 Å². The molecule has 0 aromatic heterocycles. The molecule has 1 fully saturated rings. The van der Waals surface area contributed by atoms with Crippen LogP contribution in [0.2, 0.25) is 0 Å². The zero-order chi connectivity index (χ0) is 12.6. The minimum atomic E-state index is -0.0233. The van der Waals surface area contributed by atoms with Gasteiger partial charge in [-0.2, -0.15) is 0 Å². The van der Waals surface area contributed by atoms with E-state index in [2.05, 4.69) is 32.9 Å². The molecule has 2 rings (SSSR count). The SMILES string of the molecule is CC(C)(C)c1ccc(N2CC(N)CC2=O)cc1. The van der Waals surface area contributed by atoms with Crippen LogP contribution in [0.15, 0.2) is 24.3 Å². The minimum absolute atomic E-state index is 0.0233. The molecule has 92 valence electrons. The van der Waals surface area contributed by atoms with E-state index in [1.165, 1.54) is 5.56 Å².